The average molecular weight is 226 g/mol. The van der Waals surface area contributed by atoms with E-state index in [4.69, 9.17) is 4.74 Å². The molecule has 84 valence electrons. The first kappa shape index (κ1) is 11.0. The number of hydrogen-bond acceptors (Lipinski definition) is 4. The minimum atomic E-state index is 0.541. The zero-order valence-electron chi connectivity index (χ0n) is 9.16. The Morgan fingerprint density at radius 1 is 1.67 bits per heavy atom. The molecule has 1 aliphatic rings. The standard InChI is InChI=1S/C11H18N2OS/c1-2-12-6-10-7-13-11(15-10)9-4-3-5-14-8-9/h7,9,12H,2-6,8H2,1H3. The van der Waals surface area contributed by atoms with E-state index in [1.54, 1.807) is 0 Å². The molecule has 1 N–H and O–H groups in total. The summed E-state index contributed by atoms with van der Waals surface area (Å²) in [5, 5.41) is 4.57. The first-order chi connectivity index (χ1) is 7.40. The Bertz CT molecular complexity index is 295. The molecular formula is C11H18N2OS. The number of ether oxygens (including phenoxy) is 1. The van der Waals surface area contributed by atoms with Crippen molar-refractivity contribution in [2.75, 3.05) is 19.8 Å². The van der Waals surface area contributed by atoms with Crippen LogP contribution in [0.1, 0.15) is 35.6 Å². The van der Waals surface area contributed by atoms with Crippen molar-refractivity contribution in [3.05, 3.63) is 16.1 Å². The lowest BCUT2D eigenvalue weighted by molar-refractivity contribution is 0.0804. The molecule has 1 unspecified atom stereocenters. The van der Waals surface area contributed by atoms with Crippen molar-refractivity contribution < 1.29 is 4.74 Å². The molecule has 0 aliphatic carbocycles. The molecule has 1 saturated heterocycles. The van der Waals surface area contributed by atoms with Gasteiger partial charge in [0.25, 0.3) is 0 Å². The van der Waals surface area contributed by atoms with Crippen LogP contribution in [-0.2, 0) is 11.3 Å². The van der Waals surface area contributed by atoms with E-state index in [2.05, 4.69) is 17.2 Å². The quantitative estimate of drug-likeness (QED) is 0.854. The van der Waals surface area contributed by atoms with Crippen molar-refractivity contribution in [2.24, 2.45) is 0 Å². The second-order valence-corrected chi connectivity index (χ2v) is 5.01. The van der Waals surface area contributed by atoms with Gasteiger partial charge in [-0.1, -0.05) is 6.92 Å². The van der Waals surface area contributed by atoms with Crippen LogP contribution in [0.25, 0.3) is 0 Å². The van der Waals surface area contributed by atoms with E-state index in [0.29, 0.717) is 5.92 Å². The van der Waals surface area contributed by atoms with E-state index in [1.807, 2.05) is 17.5 Å². The van der Waals surface area contributed by atoms with Gasteiger partial charge in [0.05, 0.1) is 11.6 Å². The maximum Gasteiger partial charge on any atom is 0.0982 e. The van der Waals surface area contributed by atoms with E-state index in [9.17, 15) is 0 Å². The molecule has 4 heteroatoms. The second kappa shape index (κ2) is 5.58. The fourth-order valence-electron chi connectivity index (χ4n) is 1.78. The van der Waals surface area contributed by atoms with Crippen molar-refractivity contribution >= 4 is 11.3 Å². The Kier molecular flexibility index (Phi) is 4.11. The van der Waals surface area contributed by atoms with E-state index in [1.165, 1.54) is 22.7 Å². The molecule has 0 aromatic carbocycles. The smallest absolute Gasteiger partial charge is 0.0982 e. The number of nitrogens with one attached hydrogen (secondary N) is 1. The van der Waals surface area contributed by atoms with Gasteiger partial charge in [0, 0.05) is 30.1 Å². The van der Waals surface area contributed by atoms with E-state index >= 15 is 0 Å². The Morgan fingerprint density at radius 2 is 2.60 bits per heavy atom. The molecule has 3 nitrogen and oxygen atoms in total. The Labute approximate surface area is 94.9 Å². The first-order valence-corrected chi connectivity index (χ1v) is 6.45. The molecule has 1 aliphatic heterocycles. The largest absolute Gasteiger partial charge is 0.381 e. The maximum atomic E-state index is 5.48. The van der Waals surface area contributed by atoms with Crippen LogP contribution in [0.5, 0.6) is 0 Å². The summed E-state index contributed by atoms with van der Waals surface area (Å²) in [6.07, 6.45) is 4.40. The van der Waals surface area contributed by atoms with E-state index in [0.717, 1.165) is 26.3 Å². The third kappa shape index (κ3) is 3.00. The van der Waals surface area contributed by atoms with Crippen LogP contribution < -0.4 is 5.32 Å². The van der Waals surface area contributed by atoms with Crippen molar-refractivity contribution in [1.82, 2.24) is 10.3 Å². The molecule has 15 heavy (non-hydrogen) atoms. The number of thiazole rings is 1. The van der Waals surface area contributed by atoms with Gasteiger partial charge in [-0.2, -0.15) is 0 Å². The lowest BCUT2D eigenvalue weighted by Gasteiger charge is -2.19. The highest BCUT2D eigenvalue weighted by Gasteiger charge is 2.18. The van der Waals surface area contributed by atoms with Gasteiger partial charge in [-0.25, -0.2) is 4.98 Å². The Hall–Kier alpha value is -0.450. The monoisotopic (exact) mass is 226 g/mol. The van der Waals surface area contributed by atoms with Gasteiger partial charge in [0.2, 0.25) is 0 Å². The molecule has 0 spiro atoms. The molecular weight excluding hydrogens is 208 g/mol. The topological polar surface area (TPSA) is 34.2 Å². The molecule has 1 atom stereocenters. The van der Waals surface area contributed by atoms with Gasteiger partial charge in [0.15, 0.2) is 0 Å². The van der Waals surface area contributed by atoms with E-state index < -0.39 is 0 Å². The molecule has 1 fully saturated rings. The SMILES string of the molecule is CCNCc1cnc(C2CCCOC2)s1. The van der Waals surface area contributed by atoms with Gasteiger partial charge < -0.3 is 10.1 Å². The third-order valence-electron chi connectivity index (χ3n) is 2.63. The zero-order valence-corrected chi connectivity index (χ0v) is 9.98. The lowest BCUT2D eigenvalue weighted by Crippen LogP contribution is -2.15. The minimum Gasteiger partial charge on any atom is -0.381 e. The highest BCUT2D eigenvalue weighted by Crippen LogP contribution is 2.28. The molecule has 0 amide bonds. The molecule has 2 heterocycles. The maximum absolute atomic E-state index is 5.48. The highest BCUT2D eigenvalue weighted by molar-refractivity contribution is 7.11. The van der Waals surface area contributed by atoms with Crippen LogP contribution in [0.15, 0.2) is 6.20 Å². The summed E-state index contributed by atoms with van der Waals surface area (Å²) >= 11 is 1.83. The molecule has 0 bridgehead atoms. The van der Waals surface area contributed by atoms with Crippen LogP contribution in [0.4, 0.5) is 0 Å². The van der Waals surface area contributed by atoms with Crippen LogP contribution in [-0.4, -0.2) is 24.7 Å². The van der Waals surface area contributed by atoms with Crippen molar-refractivity contribution in [3.63, 3.8) is 0 Å². The van der Waals surface area contributed by atoms with Gasteiger partial charge in [-0.05, 0) is 19.4 Å². The zero-order chi connectivity index (χ0) is 10.5. The average Bonchev–Trinajstić information content (AvgIpc) is 2.76. The molecule has 0 radical (unpaired) electrons. The molecule has 1 aromatic rings. The Morgan fingerprint density at radius 3 is 3.33 bits per heavy atom. The third-order valence-corrected chi connectivity index (χ3v) is 3.79. The van der Waals surface area contributed by atoms with Gasteiger partial charge in [-0.3, -0.25) is 0 Å². The van der Waals surface area contributed by atoms with Gasteiger partial charge >= 0.3 is 0 Å². The number of nitrogens with zero attached hydrogens (tertiary/aromatic N) is 1. The fraction of sp³-hybridized carbons (Fsp3) is 0.727. The van der Waals surface area contributed by atoms with Crippen molar-refractivity contribution in [3.8, 4) is 0 Å². The molecule has 1 aromatic heterocycles. The summed E-state index contributed by atoms with van der Waals surface area (Å²) in [5.41, 5.74) is 0. The van der Waals surface area contributed by atoms with Crippen LogP contribution >= 0.6 is 11.3 Å². The fourth-order valence-corrected chi connectivity index (χ4v) is 2.78. The second-order valence-electron chi connectivity index (χ2n) is 3.86. The minimum absolute atomic E-state index is 0.541. The normalized spacial score (nSPS) is 21.8. The predicted octanol–water partition coefficient (Wildman–Crippen LogP) is 2.15. The molecule has 0 saturated carbocycles. The predicted molar refractivity (Wildman–Crippen MR) is 62.3 cm³/mol. The van der Waals surface area contributed by atoms with Gasteiger partial charge in [0.1, 0.15) is 0 Å². The summed E-state index contributed by atoms with van der Waals surface area (Å²) in [6, 6.07) is 0. The number of rotatable bonds is 4. The highest BCUT2D eigenvalue weighted by atomic mass is 32.1. The van der Waals surface area contributed by atoms with Crippen molar-refractivity contribution in [2.45, 2.75) is 32.2 Å². The lowest BCUT2D eigenvalue weighted by atomic mass is 10.0. The summed E-state index contributed by atoms with van der Waals surface area (Å²) in [7, 11) is 0. The summed E-state index contributed by atoms with van der Waals surface area (Å²) in [6.45, 7) is 5.86. The Balaban J connectivity index is 1.93. The first-order valence-electron chi connectivity index (χ1n) is 5.63. The van der Waals surface area contributed by atoms with Crippen LogP contribution in [0, 0.1) is 0 Å². The van der Waals surface area contributed by atoms with Crippen LogP contribution in [0.2, 0.25) is 0 Å². The molecule has 2 rings (SSSR count). The summed E-state index contributed by atoms with van der Waals surface area (Å²) in [4.78, 5) is 5.82. The summed E-state index contributed by atoms with van der Waals surface area (Å²) in [5.74, 6) is 0.541. The number of aromatic nitrogens is 1. The van der Waals surface area contributed by atoms with Gasteiger partial charge in [-0.15, -0.1) is 11.3 Å². The van der Waals surface area contributed by atoms with Crippen molar-refractivity contribution in [1.29, 1.82) is 0 Å². The van der Waals surface area contributed by atoms with Crippen LogP contribution in [0.3, 0.4) is 0 Å². The summed E-state index contributed by atoms with van der Waals surface area (Å²) < 4.78 is 5.48. The number of hydrogen-bond donors (Lipinski definition) is 1. The van der Waals surface area contributed by atoms with E-state index in [-0.39, 0.29) is 0 Å².